The van der Waals surface area contributed by atoms with Crippen molar-refractivity contribution in [2.75, 3.05) is 0 Å². The molecule has 0 saturated carbocycles. The summed E-state index contributed by atoms with van der Waals surface area (Å²) in [5.41, 5.74) is 4.68. The molecule has 2 heterocycles. The summed E-state index contributed by atoms with van der Waals surface area (Å²) in [6, 6.07) is 6.22. The molecule has 0 atom stereocenters. The normalized spacial score (nSPS) is 12.7. The molecule has 1 aromatic heterocycles. The summed E-state index contributed by atoms with van der Waals surface area (Å²) >= 11 is 5.59. The summed E-state index contributed by atoms with van der Waals surface area (Å²) in [5.74, 6) is 0. The Morgan fingerprint density at radius 2 is 2.21 bits per heavy atom. The predicted octanol–water partition coefficient (Wildman–Crippen LogP) is 4.00. The van der Waals surface area contributed by atoms with Gasteiger partial charge in [-0.05, 0) is 32.1 Å². The van der Waals surface area contributed by atoms with Crippen molar-refractivity contribution < 1.29 is 0 Å². The second-order valence-corrected chi connectivity index (χ2v) is 5.20. The van der Waals surface area contributed by atoms with Gasteiger partial charge in [-0.1, -0.05) is 23.8 Å². The van der Waals surface area contributed by atoms with Gasteiger partial charge >= 0.3 is 0 Å². The van der Waals surface area contributed by atoms with E-state index in [9.17, 15) is 0 Å². The van der Waals surface area contributed by atoms with Crippen LogP contribution in [0.4, 0.5) is 0 Å². The predicted molar refractivity (Wildman–Crippen MR) is 83.1 cm³/mol. The summed E-state index contributed by atoms with van der Waals surface area (Å²) in [5, 5.41) is 0. The van der Waals surface area contributed by atoms with Crippen LogP contribution in [0.1, 0.15) is 19.4 Å². The van der Waals surface area contributed by atoms with Crippen LogP contribution in [0.3, 0.4) is 0 Å². The molecular weight excluding hydrogens is 254 g/mol. The Balaban J connectivity index is 2.34. The summed E-state index contributed by atoms with van der Waals surface area (Å²) < 4.78 is 5.00. The lowest BCUT2D eigenvalue weighted by Crippen LogP contribution is -1.96. The van der Waals surface area contributed by atoms with E-state index in [1.165, 1.54) is 5.57 Å². The van der Waals surface area contributed by atoms with E-state index in [0.717, 1.165) is 27.9 Å². The molecule has 0 amide bonds. The summed E-state index contributed by atoms with van der Waals surface area (Å²) in [6.45, 7) is 5.01. The van der Waals surface area contributed by atoms with E-state index in [1.54, 1.807) is 6.20 Å². The second-order valence-electron chi connectivity index (χ2n) is 4.84. The first-order valence-electron chi connectivity index (χ1n) is 6.25. The highest BCUT2D eigenvalue weighted by molar-refractivity contribution is 7.71. The minimum atomic E-state index is 0.805. The molecule has 4 heteroatoms. The van der Waals surface area contributed by atoms with E-state index in [1.807, 2.05) is 23.0 Å². The maximum atomic E-state index is 5.59. The summed E-state index contributed by atoms with van der Waals surface area (Å²) in [7, 11) is 0. The molecule has 0 fully saturated rings. The molecule has 96 valence electrons. The van der Waals surface area contributed by atoms with E-state index in [4.69, 9.17) is 12.2 Å². The van der Waals surface area contributed by atoms with Crippen LogP contribution >= 0.6 is 12.2 Å². The van der Waals surface area contributed by atoms with Gasteiger partial charge in [0.1, 0.15) is 0 Å². The minimum Gasteiger partial charge on any atom is -0.312 e. The number of para-hydroxylation sites is 1. The number of imidazole rings is 1. The van der Waals surface area contributed by atoms with Gasteiger partial charge < -0.3 is 4.57 Å². The van der Waals surface area contributed by atoms with E-state index >= 15 is 0 Å². The average molecular weight is 269 g/mol. The lowest BCUT2D eigenvalue weighted by molar-refractivity contribution is 0.813. The highest BCUT2D eigenvalue weighted by Gasteiger charge is 2.12. The molecule has 1 aromatic carbocycles. The largest absolute Gasteiger partial charge is 0.312 e. The molecule has 0 radical (unpaired) electrons. The van der Waals surface area contributed by atoms with Crippen LogP contribution in [0.2, 0.25) is 0 Å². The average Bonchev–Trinajstić information content (AvgIpc) is 2.55. The van der Waals surface area contributed by atoms with Crippen molar-refractivity contribution in [1.29, 1.82) is 0 Å². The van der Waals surface area contributed by atoms with Gasteiger partial charge in [0.15, 0.2) is 4.77 Å². The fraction of sp³-hybridized carbons (Fsp3) is 0.200. The molecule has 0 N–H and O–H groups in total. The lowest BCUT2D eigenvalue weighted by atomic mass is 10.2. The summed E-state index contributed by atoms with van der Waals surface area (Å²) in [6.07, 6.45) is 7.77. The quantitative estimate of drug-likeness (QED) is 0.596. The van der Waals surface area contributed by atoms with Gasteiger partial charge in [0, 0.05) is 30.7 Å². The van der Waals surface area contributed by atoms with Crippen molar-refractivity contribution in [3.8, 4) is 0 Å². The lowest BCUT2D eigenvalue weighted by Gasteiger charge is -2.01. The minimum absolute atomic E-state index is 0.805. The van der Waals surface area contributed by atoms with Gasteiger partial charge in [-0.3, -0.25) is 9.56 Å². The maximum Gasteiger partial charge on any atom is 0.185 e. The topological polar surface area (TPSA) is 22.2 Å². The van der Waals surface area contributed by atoms with Crippen LogP contribution in [0.15, 0.2) is 41.0 Å². The molecule has 0 unspecified atom stereocenters. The first kappa shape index (κ1) is 12.1. The third kappa shape index (κ3) is 1.98. The zero-order valence-corrected chi connectivity index (χ0v) is 11.8. The number of rotatable bonds is 2. The van der Waals surface area contributed by atoms with Gasteiger partial charge in [-0.15, -0.1) is 0 Å². The first-order chi connectivity index (χ1) is 9.18. The number of aliphatic imine (C=N–C) groups is 1. The van der Waals surface area contributed by atoms with Crippen molar-refractivity contribution in [1.82, 2.24) is 9.13 Å². The standard InChI is InChI=1S/C15H15N3S/c1-11(2)6-8-17-13-5-3-4-12-10-16-7-9-18(14(12)13)15(17)19/h3-7,9-10H,8H2,1-2H3. The van der Waals surface area contributed by atoms with Crippen LogP contribution in [0.25, 0.3) is 17.2 Å². The Labute approximate surface area is 117 Å². The molecule has 0 bridgehead atoms. The summed E-state index contributed by atoms with van der Waals surface area (Å²) in [4.78, 5) is 4.23. The monoisotopic (exact) mass is 269 g/mol. The molecule has 3 rings (SSSR count). The zero-order chi connectivity index (χ0) is 13.4. The number of hydrogen-bond acceptors (Lipinski definition) is 2. The van der Waals surface area contributed by atoms with Crippen LogP contribution < -0.4 is 0 Å². The van der Waals surface area contributed by atoms with E-state index in [2.05, 4.69) is 41.6 Å². The Bertz CT molecular complexity index is 784. The second kappa shape index (κ2) is 4.63. The van der Waals surface area contributed by atoms with Gasteiger partial charge in [-0.2, -0.15) is 0 Å². The highest BCUT2D eigenvalue weighted by Crippen LogP contribution is 2.23. The number of hydrogen-bond donors (Lipinski definition) is 0. The number of aromatic nitrogens is 2. The third-order valence-corrected chi connectivity index (χ3v) is 3.63. The first-order valence-corrected chi connectivity index (χ1v) is 6.66. The van der Waals surface area contributed by atoms with Crippen molar-refractivity contribution >= 4 is 35.7 Å². The van der Waals surface area contributed by atoms with Gasteiger partial charge in [0.25, 0.3) is 0 Å². The molecular formula is C15H15N3S. The van der Waals surface area contributed by atoms with Gasteiger partial charge in [0.05, 0.1) is 11.0 Å². The fourth-order valence-electron chi connectivity index (χ4n) is 2.28. The van der Waals surface area contributed by atoms with Crippen molar-refractivity contribution in [2.24, 2.45) is 4.99 Å². The third-order valence-electron chi connectivity index (χ3n) is 3.21. The van der Waals surface area contributed by atoms with Crippen molar-refractivity contribution in [2.45, 2.75) is 20.4 Å². The van der Waals surface area contributed by atoms with E-state index in [0.29, 0.717) is 0 Å². The number of allylic oxidation sites excluding steroid dienone is 2. The SMILES string of the molecule is CC(C)=CCn1c(=S)n2c3c(cccc31)C=NC=C2. The molecule has 0 saturated heterocycles. The Hall–Kier alpha value is -1.94. The molecule has 1 aliphatic rings. The van der Waals surface area contributed by atoms with Crippen LogP contribution in [0, 0.1) is 4.77 Å². The molecule has 0 aliphatic carbocycles. The van der Waals surface area contributed by atoms with Crippen LogP contribution in [-0.4, -0.2) is 15.3 Å². The smallest absolute Gasteiger partial charge is 0.185 e. The van der Waals surface area contributed by atoms with Crippen molar-refractivity contribution in [3.05, 3.63) is 46.4 Å². The van der Waals surface area contributed by atoms with Crippen LogP contribution in [-0.2, 0) is 6.54 Å². The van der Waals surface area contributed by atoms with E-state index in [-0.39, 0.29) is 0 Å². The number of benzene rings is 1. The Morgan fingerprint density at radius 1 is 1.37 bits per heavy atom. The van der Waals surface area contributed by atoms with Crippen LogP contribution in [0.5, 0.6) is 0 Å². The molecule has 2 aromatic rings. The van der Waals surface area contributed by atoms with Gasteiger partial charge in [-0.25, -0.2) is 0 Å². The molecule has 0 spiro atoms. The fourth-order valence-corrected chi connectivity index (χ4v) is 2.60. The van der Waals surface area contributed by atoms with Gasteiger partial charge in [0.2, 0.25) is 0 Å². The number of nitrogens with zero attached hydrogens (tertiary/aromatic N) is 3. The Morgan fingerprint density at radius 3 is 3.00 bits per heavy atom. The maximum absolute atomic E-state index is 5.59. The molecule has 19 heavy (non-hydrogen) atoms. The highest BCUT2D eigenvalue weighted by atomic mass is 32.1. The Kier molecular flexibility index (Phi) is 2.95. The molecule has 1 aliphatic heterocycles. The van der Waals surface area contributed by atoms with Crippen molar-refractivity contribution in [3.63, 3.8) is 0 Å². The molecule has 3 nitrogen and oxygen atoms in total. The zero-order valence-electron chi connectivity index (χ0n) is 11.0. The van der Waals surface area contributed by atoms with E-state index < -0.39 is 0 Å².